The van der Waals surface area contributed by atoms with Gasteiger partial charge < -0.3 is 19.1 Å². The molecular formula is C22H21NO6. The first kappa shape index (κ1) is 19.0. The van der Waals surface area contributed by atoms with Crippen molar-refractivity contribution in [2.24, 2.45) is 0 Å². The van der Waals surface area contributed by atoms with Gasteiger partial charge in [-0.2, -0.15) is 0 Å². The van der Waals surface area contributed by atoms with Crippen molar-refractivity contribution in [3.8, 4) is 11.5 Å². The van der Waals surface area contributed by atoms with E-state index in [-0.39, 0.29) is 18.1 Å². The number of fused-ring (bicyclic) bond motifs is 1. The Bertz CT molecular complexity index is 1000. The molecule has 0 bridgehead atoms. The molecule has 1 atom stereocenters. The van der Waals surface area contributed by atoms with Gasteiger partial charge in [-0.3, -0.25) is 9.59 Å². The third-order valence-corrected chi connectivity index (χ3v) is 5.43. The summed E-state index contributed by atoms with van der Waals surface area (Å²) in [6.07, 6.45) is 0.770. The topological polar surface area (TPSA) is 82.1 Å². The summed E-state index contributed by atoms with van der Waals surface area (Å²) < 4.78 is 16.1. The number of hydrogen-bond acceptors (Lipinski definition) is 6. The van der Waals surface area contributed by atoms with E-state index in [1.807, 2.05) is 0 Å². The van der Waals surface area contributed by atoms with Crippen LogP contribution in [0.25, 0.3) is 0 Å². The number of hydrogen-bond donors (Lipinski definition) is 0. The zero-order valence-electron chi connectivity index (χ0n) is 16.3. The Labute approximate surface area is 168 Å². The van der Waals surface area contributed by atoms with Crippen LogP contribution in [0, 0.1) is 0 Å². The van der Waals surface area contributed by atoms with Gasteiger partial charge in [-0.1, -0.05) is 6.07 Å². The Kier molecular flexibility index (Phi) is 4.74. The van der Waals surface area contributed by atoms with Crippen LogP contribution < -0.4 is 9.47 Å². The first-order valence-corrected chi connectivity index (χ1v) is 9.33. The molecule has 2 aliphatic rings. The van der Waals surface area contributed by atoms with Gasteiger partial charge in [0.25, 0.3) is 5.91 Å². The van der Waals surface area contributed by atoms with Crippen LogP contribution in [0.5, 0.6) is 11.5 Å². The molecular weight excluding hydrogens is 374 g/mol. The number of carbonyl (C=O) groups is 3. The van der Waals surface area contributed by atoms with E-state index in [9.17, 15) is 14.4 Å². The minimum atomic E-state index is -0.728. The normalized spacial score (nSPS) is 20.2. The number of ether oxygens (including phenoxy) is 3. The van der Waals surface area contributed by atoms with Gasteiger partial charge >= 0.3 is 5.97 Å². The molecule has 7 nitrogen and oxygen atoms in total. The van der Waals surface area contributed by atoms with E-state index in [1.54, 1.807) is 48.4 Å². The maximum atomic E-state index is 13.0. The zero-order valence-corrected chi connectivity index (χ0v) is 16.3. The highest BCUT2D eigenvalue weighted by atomic mass is 16.5. The number of esters is 1. The Balaban J connectivity index is 1.54. The lowest BCUT2D eigenvalue weighted by molar-refractivity contribution is 0.0427. The van der Waals surface area contributed by atoms with Crippen molar-refractivity contribution < 1.29 is 28.6 Å². The fourth-order valence-electron chi connectivity index (χ4n) is 3.93. The van der Waals surface area contributed by atoms with Gasteiger partial charge in [-0.15, -0.1) is 0 Å². The zero-order chi connectivity index (χ0) is 20.6. The smallest absolute Gasteiger partial charge is 0.337 e. The number of methoxy groups -OCH3 is 2. The third kappa shape index (κ3) is 3.44. The molecule has 1 saturated heterocycles. The van der Waals surface area contributed by atoms with Crippen LogP contribution in [0.2, 0.25) is 0 Å². The van der Waals surface area contributed by atoms with E-state index >= 15 is 0 Å². The molecule has 0 aliphatic carbocycles. The molecule has 0 radical (unpaired) electrons. The van der Waals surface area contributed by atoms with Gasteiger partial charge in [0.05, 0.1) is 38.3 Å². The molecule has 2 heterocycles. The summed E-state index contributed by atoms with van der Waals surface area (Å²) in [5, 5.41) is 0. The summed E-state index contributed by atoms with van der Waals surface area (Å²) in [4.78, 5) is 39.1. The lowest BCUT2D eigenvalue weighted by Crippen LogP contribution is -2.45. The largest absolute Gasteiger partial charge is 0.497 e. The average Bonchev–Trinajstić information content (AvgIpc) is 3.15. The van der Waals surface area contributed by atoms with E-state index in [0.29, 0.717) is 47.7 Å². The molecule has 2 aromatic rings. The summed E-state index contributed by atoms with van der Waals surface area (Å²) in [5.41, 5.74) is 0.496. The van der Waals surface area contributed by atoms with Gasteiger partial charge in [0.2, 0.25) is 0 Å². The highest BCUT2D eigenvalue weighted by Gasteiger charge is 2.47. The molecule has 0 aromatic heterocycles. The van der Waals surface area contributed by atoms with Gasteiger partial charge in [0.1, 0.15) is 17.1 Å². The van der Waals surface area contributed by atoms with Crippen LogP contribution in [-0.4, -0.2) is 55.5 Å². The van der Waals surface area contributed by atoms with Crippen LogP contribution in [0.15, 0.2) is 42.5 Å². The van der Waals surface area contributed by atoms with Crippen LogP contribution in [0.4, 0.5) is 0 Å². The lowest BCUT2D eigenvalue weighted by atomic mass is 9.89. The molecule has 1 unspecified atom stereocenters. The van der Waals surface area contributed by atoms with Crippen molar-refractivity contribution in [3.05, 3.63) is 59.2 Å². The van der Waals surface area contributed by atoms with Crippen LogP contribution in [-0.2, 0) is 4.74 Å². The maximum Gasteiger partial charge on any atom is 0.337 e. The standard InChI is InChI=1S/C22H21NO6/c1-27-16-6-7-19-17(11-16)18(24)12-22(29-19)8-9-23(13-22)20(25)14-4-3-5-15(10-14)21(26)28-2/h3-7,10-11H,8-9,12-13H2,1-2H3. The second kappa shape index (κ2) is 7.24. The van der Waals surface area contributed by atoms with Gasteiger partial charge in [-0.05, 0) is 36.4 Å². The number of amides is 1. The fourth-order valence-corrected chi connectivity index (χ4v) is 3.93. The fraction of sp³-hybridized carbons (Fsp3) is 0.318. The monoisotopic (exact) mass is 395 g/mol. The number of carbonyl (C=O) groups excluding carboxylic acids is 3. The molecule has 29 heavy (non-hydrogen) atoms. The Morgan fingerprint density at radius 1 is 1.10 bits per heavy atom. The second-order valence-electron chi connectivity index (χ2n) is 7.30. The van der Waals surface area contributed by atoms with Gasteiger partial charge in [0.15, 0.2) is 5.78 Å². The molecule has 2 aliphatic heterocycles. The van der Waals surface area contributed by atoms with E-state index in [4.69, 9.17) is 14.2 Å². The van der Waals surface area contributed by atoms with Crippen LogP contribution in [0.1, 0.15) is 43.9 Å². The molecule has 4 rings (SSSR count). The molecule has 1 spiro atoms. The molecule has 2 aromatic carbocycles. The number of nitrogens with zero attached hydrogens (tertiary/aromatic N) is 1. The molecule has 7 heteroatoms. The summed E-state index contributed by atoms with van der Waals surface area (Å²) in [7, 11) is 2.85. The van der Waals surface area contributed by atoms with Crippen LogP contribution >= 0.6 is 0 Å². The number of rotatable bonds is 3. The molecule has 0 saturated carbocycles. The first-order chi connectivity index (χ1) is 13.9. The van der Waals surface area contributed by atoms with Crippen molar-refractivity contribution in [3.63, 3.8) is 0 Å². The van der Waals surface area contributed by atoms with E-state index in [0.717, 1.165) is 0 Å². The Hall–Kier alpha value is -3.35. The highest BCUT2D eigenvalue weighted by Crippen LogP contribution is 2.40. The third-order valence-electron chi connectivity index (χ3n) is 5.43. The van der Waals surface area contributed by atoms with E-state index in [2.05, 4.69) is 0 Å². The summed E-state index contributed by atoms with van der Waals surface area (Å²) in [6.45, 7) is 0.783. The van der Waals surface area contributed by atoms with Crippen molar-refractivity contribution in [1.29, 1.82) is 0 Å². The molecule has 1 amide bonds. The summed E-state index contributed by atoms with van der Waals surface area (Å²) in [5.74, 6) is 0.400. The van der Waals surface area contributed by atoms with E-state index < -0.39 is 11.6 Å². The van der Waals surface area contributed by atoms with Gasteiger partial charge in [-0.25, -0.2) is 4.79 Å². The van der Waals surface area contributed by atoms with Gasteiger partial charge in [0, 0.05) is 18.5 Å². The second-order valence-corrected chi connectivity index (χ2v) is 7.30. The minimum absolute atomic E-state index is 0.0212. The Morgan fingerprint density at radius 2 is 1.90 bits per heavy atom. The number of likely N-dealkylation sites (tertiary alicyclic amines) is 1. The number of benzene rings is 2. The quantitative estimate of drug-likeness (QED) is 0.744. The minimum Gasteiger partial charge on any atom is -0.497 e. The molecule has 1 fully saturated rings. The maximum absolute atomic E-state index is 13.0. The molecule has 0 N–H and O–H groups in total. The van der Waals surface area contributed by atoms with Crippen molar-refractivity contribution >= 4 is 17.7 Å². The molecule has 150 valence electrons. The van der Waals surface area contributed by atoms with Crippen LogP contribution in [0.3, 0.4) is 0 Å². The SMILES string of the molecule is COC(=O)c1cccc(C(=O)N2CCC3(CC(=O)c4cc(OC)ccc4O3)C2)c1. The predicted octanol–water partition coefficient (Wildman–Crippen LogP) is 2.73. The summed E-state index contributed by atoms with van der Waals surface area (Å²) in [6, 6.07) is 11.6. The number of ketones is 1. The summed E-state index contributed by atoms with van der Waals surface area (Å²) >= 11 is 0. The van der Waals surface area contributed by atoms with Crippen molar-refractivity contribution in [2.45, 2.75) is 18.4 Å². The Morgan fingerprint density at radius 3 is 2.66 bits per heavy atom. The predicted molar refractivity (Wildman–Crippen MR) is 104 cm³/mol. The average molecular weight is 395 g/mol. The number of Topliss-reactive ketones (excluding diaryl/α,β-unsaturated/α-hetero) is 1. The lowest BCUT2D eigenvalue weighted by Gasteiger charge is -2.34. The van der Waals surface area contributed by atoms with Crippen molar-refractivity contribution in [2.75, 3.05) is 27.3 Å². The highest BCUT2D eigenvalue weighted by molar-refractivity contribution is 6.01. The van der Waals surface area contributed by atoms with E-state index in [1.165, 1.54) is 13.2 Å². The first-order valence-electron chi connectivity index (χ1n) is 9.33. The van der Waals surface area contributed by atoms with Crippen molar-refractivity contribution in [1.82, 2.24) is 4.90 Å².